The number of rotatable bonds is 4. The number of hydrogen-bond donors (Lipinski definition) is 0. The van der Waals surface area contributed by atoms with Crippen molar-refractivity contribution in [2.45, 2.75) is 24.8 Å². The normalized spacial score (nSPS) is 13.7. The van der Waals surface area contributed by atoms with Gasteiger partial charge in [-0.1, -0.05) is 13.0 Å². The number of fused-ring (bicyclic) bond motifs is 1. The number of thioether (sulfide) groups is 1. The van der Waals surface area contributed by atoms with E-state index < -0.39 is 22.2 Å². The smallest absolute Gasteiger partial charge is 0.321 e. The Bertz CT molecular complexity index is 845. The summed E-state index contributed by atoms with van der Waals surface area (Å²) < 4.78 is 42.5. The minimum absolute atomic E-state index is 0.00553. The molecule has 0 unspecified atom stereocenters. The molecule has 1 aliphatic rings. The van der Waals surface area contributed by atoms with Gasteiger partial charge in [-0.2, -0.15) is 4.39 Å². The Hall–Kier alpha value is -2.22. The van der Waals surface area contributed by atoms with Gasteiger partial charge in [-0.25, -0.2) is 8.78 Å². The third kappa shape index (κ3) is 3.30. The lowest BCUT2D eigenvalue weighted by Crippen LogP contribution is -2.31. The van der Waals surface area contributed by atoms with Crippen molar-refractivity contribution in [3.8, 4) is 0 Å². The summed E-state index contributed by atoms with van der Waals surface area (Å²) in [5, 5.41) is 11.1. The molecule has 0 saturated carbocycles. The number of halogens is 3. The second kappa shape index (κ2) is 6.95. The van der Waals surface area contributed by atoms with Crippen LogP contribution in [-0.4, -0.2) is 17.2 Å². The Morgan fingerprint density at radius 1 is 1.24 bits per heavy atom. The fourth-order valence-electron chi connectivity index (χ4n) is 2.98. The van der Waals surface area contributed by atoms with Gasteiger partial charge in [0.15, 0.2) is 5.82 Å². The molecule has 0 fully saturated rings. The largest absolute Gasteiger partial charge is 0.364 e. The number of nitro groups is 1. The van der Waals surface area contributed by atoms with E-state index in [1.165, 1.54) is 12.1 Å². The Kier molecular flexibility index (Phi) is 4.89. The van der Waals surface area contributed by atoms with Crippen LogP contribution in [0.3, 0.4) is 0 Å². The second-order valence-electron chi connectivity index (χ2n) is 5.64. The van der Waals surface area contributed by atoms with Crippen LogP contribution in [0.25, 0.3) is 0 Å². The van der Waals surface area contributed by atoms with Gasteiger partial charge in [-0.15, -0.1) is 11.8 Å². The summed E-state index contributed by atoms with van der Waals surface area (Å²) in [4.78, 5) is 11.5. The Morgan fingerprint density at radius 2 is 2.00 bits per heavy atom. The van der Waals surface area contributed by atoms with E-state index >= 15 is 0 Å². The summed E-state index contributed by atoms with van der Waals surface area (Å²) in [7, 11) is 0. The molecule has 0 bridgehead atoms. The summed E-state index contributed by atoms with van der Waals surface area (Å²) in [6, 6.07) is 5.27. The van der Waals surface area contributed by atoms with Gasteiger partial charge in [-0.3, -0.25) is 10.1 Å². The van der Waals surface area contributed by atoms with Crippen LogP contribution in [-0.2, 0) is 13.0 Å². The minimum Gasteiger partial charge on any atom is -0.364 e. The van der Waals surface area contributed by atoms with Crippen molar-refractivity contribution in [3.63, 3.8) is 0 Å². The average Bonchev–Trinajstić information content (AvgIpc) is 2.57. The molecule has 0 aromatic heterocycles. The zero-order chi connectivity index (χ0) is 18.1. The first kappa shape index (κ1) is 17.6. The lowest BCUT2D eigenvalue weighted by atomic mass is 9.99. The second-order valence-corrected chi connectivity index (χ2v) is 6.92. The molecule has 2 aromatic carbocycles. The number of hydrogen-bond acceptors (Lipinski definition) is 4. The van der Waals surface area contributed by atoms with Crippen molar-refractivity contribution in [1.82, 2.24) is 0 Å². The molecule has 4 nitrogen and oxygen atoms in total. The summed E-state index contributed by atoms with van der Waals surface area (Å²) >= 11 is 0.904. The summed E-state index contributed by atoms with van der Waals surface area (Å²) in [6.45, 7) is 2.38. The fourth-order valence-corrected chi connectivity index (χ4v) is 3.81. The first-order valence-electron chi connectivity index (χ1n) is 7.73. The predicted molar refractivity (Wildman–Crippen MR) is 90.6 cm³/mol. The topological polar surface area (TPSA) is 46.4 Å². The first-order chi connectivity index (χ1) is 11.9. The van der Waals surface area contributed by atoms with Gasteiger partial charge in [0.2, 0.25) is 5.82 Å². The molecule has 0 saturated heterocycles. The minimum atomic E-state index is -1.05. The van der Waals surface area contributed by atoms with E-state index in [1.807, 2.05) is 0 Å². The Balaban J connectivity index is 2.03. The van der Waals surface area contributed by atoms with Crippen molar-refractivity contribution in [3.05, 3.63) is 63.0 Å². The van der Waals surface area contributed by atoms with Gasteiger partial charge in [0, 0.05) is 19.2 Å². The summed E-state index contributed by atoms with van der Waals surface area (Å²) in [5.74, 6) is -1.79. The number of nitrogens with zero attached hydrogens (tertiary/aromatic N) is 2. The van der Waals surface area contributed by atoms with Crippen molar-refractivity contribution in [1.29, 1.82) is 0 Å². The van der Waals surface area contributed by atoms with Gasteiger partial charge in [0.1, 0.15) is 10.7 Å². The number of anilines is 1. The monoisotopic (exact) mass is 368 g/mol. The van der Waals surface area contributed by atoms with Crippen LogP contribution < -0.4 is 4.90 Å². The molecular formula is C17H15F3N2O2S. The third-order valence-corrected chi connectivity index (χ3v) is 5.07. The fraction of sp³-hybridized carbons (Fsp3) is 0.294. The van der Waals surface area contributed by atoms with Crippen LogP contribution in [0.2, 0.25) is 0 Å². The van der Waals surface area contributed by atoms with Gasteiger partial charge >= 0.3 is 5.69 Å². The molecule has 0 atom stereocenters. The maximum Gasteiger partial charge on any atom is 0.321 e. The van der Waals surface area contributed by atoms with Crippen LogP contribution in [0.15, 0.2) is 29.2 Å². The molecular weight excluding hydrogens is 353 g/mol. The van der Waals surface area contributed by atoms with Crippen LogP contribution in [0.4, 0.5) is 24.5 Å². The van der Waals surface area contributed by atoms with Crippen molar-refractivity contribution >= 4 is 23.1 Å². The maximum atomic E-state index is 14.9. The molecule has 132 valence electrons. The van der Waals surface area contributed by atoms with E-state index in [0.717, 1.165) is 29.0 Å². The lowest BCUT2D eigenvalue weighted by Gasteiger charge is -2.31. The van der Waals surface area contributed by atoms with E-state index in [2.05, 4.69) is 0 Å². The quantitative estimate of drug-likeness (QED) is 0.446. The molecule has 0 aliphatic carbocycles. The molecule has 0 spiro atoms. The predicted octanol–water partition coefficient (Wildman–Crippen LogP) is 4.69. The zero-order valence-electron chi connectivity index (χ0n) is 13.4. The highest BCUT2D eigenvalue weighted by atomic mass is 32.2. The molecule has 3 rings (SSSR count). The molecule has 0 radical (unpaired) electrons. The van der Waals surface area contributed by atoms with Gasteiger partial charge in [0.05, 0.1) is 10.6 Å². The van der Waals surface area contributed by atoms with Crippen molar-refractivity contribution in [2.75, 3.05) is 17.2 Å². The van der Waals surface area contributed by atoms with E-state index in [9.17, 15) is 23.3 Å². The van der Waals surface area contributed by atoms with Crippen LogP contribution in [0.1, 0.15) is 18.1 Å². The SMILES string of the molecule is CCSc1c(F)c(N2CCc3cc(F)ccc3C2)cc(F)c1[N+](=O)[O-]. The van der Waals surface area contributed by atoms with E-state index in [4.69, 9.17) is 0 Å². The molecule has 0 N–H and O–H groups in total. The van der Waals surface area contributed by atoms with Crippen LogP contribution in [0, 0.1) is 27.6 Å². The number of benzene rings is 2. The highest BCUT2D eigenvalue weighted by Crippen LogP contribution is 2.40. The van der Waals surface area contributed by atoms with E-state index in [0.29, 0.717) is 25.3 Å². The maximum absolute atomic E-state index is 14.9. The highest BCUT2D eigenvalue weighted by Gasteiger charge is 2.30. The highest BCUT2D eigenvalue weighted by molar-refractivity contribution is 7.99. The van der Waals surface area contributed by atoms with Crippen LogP contribution in [0.5, 0.6) is 0 Å². The van der Waals surface area contributed by atoms with Crippen molar-refractivity contribution < 1.29 is 18.1 Å². The molecule has 0 amide bonds. The van der Waals surface area contributed by atoms with E-state index in [-0.39, 0.29) is 16.4 Å². The van der Waals surface area contributed by atoms with Gasteiger partial charge in [0.25, 0.3) is 0 Å². The average molecular weight is 368 g/mol. The van der Waals surface area contributed by atoms with Gasteiger partial charge in [-0.05, 0) is 35.4 Å². The molecule has 1 aliphatic heterocycles. The molecule has 8 heteroatoms. The van der Waals surface area contributed by atoms with Crippen LogP contribution >= 0.6 is 11.8 Å². The first-order valence-corrected chi connectivity index (χ1v) is 8.72. The molecule has 25 heavy (non-hydrogen) atoms. The molecule has 1 heterocycles. The zero-order valence-corrected chi connectivity index (χ0v) is 14.2. The third-order valence-electron chi connectivity index (χ3n) is 4.12. The standard InChI is InChI=1S/C17H15F3N2O2S/c1-2-25-17-15(20)14(8-13(19)16(17)22(23)24)21-6-5-10-7-12(18)4-3-11(10)9-21/h3-4,7-8H,2,5-6,9H2,1H3. The Morgan fingerprint density at radius 3 is 2.68 bits per heavy atom. The Labute approximate surface area is 146 Å². The lowest BCUT2D eigenvalue weighted by molar-refractivity contribution is -0.390. The summed E-state index contributed by atoms with van der Waals surface area (Å²) in [6.07, 6.45) is 0.487. The van der Waals surface area contributed by atoms with Crippen molar-refractivity contribution in [2.24, 2.45) is 0 Å². The molecule has 2 aromatic rings. The number of nitro benzene ring substituents is 1. The van der Waals surface area contributed by atoms with Gasteiger partial charge < -0.3 is 4.90 Å². The van der Waals surface area contributed by atoms with E-state index in [1.54, 1.807) is 17.9 Å². The summed E-state index contributed by atoms with van der Waals surface area (Å²) in [5.41, 5.74) is 0.833.